The number of anilines is 1. The number of pyridine rings is 1. The van der Waals surface area contributed by atoms with E-state index in [-0.39, 0.29) is 0 Å². The monoisotopic (exact) mass is 285 g/mol. The van der Waals surface area contributed by atoms with Crippen molar-refractivity contribution < 1.29 is 9.47 Å². The second kappa shape index (κ2) is 5.41. The van der Waals surface area contributed by atoms with Crippen molar-refractivity contribution in [2.24, 2.45) is 0 Å². The van der Waals surface area contributed by atoms with Gasteiger partial charge in [0.2, 0.25) is 0 Å². The molecule has 0 radical (unpaired) electrons. The van der Waals surface area contributed by atoms with Crippen LogP contribution in [0.25, 0.3) is 10.8 Å². The van der Waals surface area contributed by atoms with Crippen molar-refractivity contribution in [1.82, 2.24) is 10.3 Å². The van der Waals surface area contributed by atoms with E-state index in [4.69, 9.17) is 9.47 Å². The Hall–Kier alpha value is -2.01. The summed E-state index contributed by atoms with van der Waals surface area (Å²) in [5.74, 6) is 2.53. The highest BCUT2D eigenvalue weighted by Gasteiger charge is 2.19. The fourth-order valence-corrected chi connectivity index (χ4v) is 2.59. The molecule has 0 bridgehead atoms. The van der Waals surface area contributed by atoms with Crippen LogP contribution in [0.15, 0.2) is 24.4 Å². The molecule has 2 heterocycles. The smallest absolute Gasteiger partial charge is 0.162 e. The first-order chi connectivity index (χ1) is 10.4. The van der Waals surface area contributed by atoms with Crippen LogP contribution < -0.4 is 20.1 Å². The Bertz CT molecular complexity index is 655. The fraction of sp³-hybridized carbons (Fsp3) is 0.438. The molecule has 0 saturated heterocycles. The Morgan fingerprint density at radius 2 is 1.90 bits per heavy atom. The Labute approximate surface area is 123 Å². The van der Waals surface area contributed by atoms with Gasteiger partial charge in [-0.05, 0) is 36.4 Å². The third-order valence-electron chi connectivity index (χ3n) is 3.86. The zero-order chi connectivity index (χ0) is 14.1. The van der Waals surface area contributed by atoms with Gasteiger partial charge in [0.15, 0.2) is 11.5 Å². The maximum absolute atomic E-state index is 5.66. The number of hydrogen-bond acceptors (Lipinski definition) is 5. The lowest BCUT2D eigenvalue weighted by Crippen LogP contribution is -2.24. The molecule has 0 unspecified atom stereocenters. The zero-order valence-electron chi connectivity index (χ0n) is 11.9. The van der Waals surface area contributed by atoms with Crippen LogP contribution in [-0.4, -0.2) is 37.3 Å². The molecule has 5 nitrogen and oxygen atoms in total. The molecule has 1 saturated carbocycles. The first-order valence-electron chi connectivity index (χ1n) is 7.56. The van der Waals surface area contributed by atoms with Crippen molar-refractivity contribution in [1.29, 1.82) is 0 Å². The van der Waals surface area contributed by atoms with Crippen LogP contribution >= 0.6 is 0 Å². The Kier molecular flexibility index (Phi) is 3.27. The maximum Gasteiger partial charge on any atom is 0.162 e. The van der Waals surface area contributed by atoms with Crippen molar-refractivity contribution >= 4 is 16.6 Å². The quantitative estimate of drug-likeness (QED) is 0.825. The van der Waals surface area contributed by atoms with E-state index in [9.17, 15) is 0 Å². The van der Waals surface area contributed by atoms with Gasteiger partial charge in [0.1, 0.15) is 19.0 Å². The standard InChI is InChI=1S/C16H19N3O2/c1-2-12(1)17-5-6-19-16-13-10-15-14(20-7-8-21-15)9-11(13)3-4-18-16/h3-4,9-10,12,17H,1-2,5-8H2,(H,18,19). The van der Waals surface area contributed by atoms with E-state index in [1.807, 2.05) is 24.4 Å². The molecule has 1 aliphatic heterocycles. The predicted molar refractivity (Wildman–Crippen MR) is 82.2 cm³/mol. The minimum atomic E-state index is 0.604. The van der Waals surface area contributed by atoms with Gasteiger partial charge in [-0.25, -0.2) is 4.98 Å². The SMILES string of the molecule is c1cc2cc3c(cc2c(NCCNC2CC2)n1)OCCO3. The summed E-state index contributed by atoms with van der Waals surface area (Å²) in [4.78, 5) is 4.45. The number of rotatable bonds is 5. The Balaban J connectivity index is 1.55. The Morgan fingerprint density at radius 1 is 1.10 bits per heavy atom. The highest BCUT2D eigenvalue weighted by Crippen LogP contribution is 2.36. The molecule has 0 amide bonds. The summed E-state index contributed by atoms with van der Waals surface area (Å²) in [6.07, 6.45) is 4.46. The number of aromatic nitrogens is 1. The van der Waals surface area contributed by atoms with Gasteiger partial charge >= 0.3 is 0 Å². The van der Waals surface area contributed by atoms with Crippen molar-refractivity contribution in [2.45, 2.75) is 18.9 Å². The van der Waals surface area contributed by atoms with E-state index in [0.29, 0.717) is 13.2 Å². The number of nitrogens with zero attached hydrogens (tertiary/aromatic N) is 1. The zero-order valence-corrected chi connectivity index (χ0v) is 11.9. The van der Waals surface area contributed by atoms with E-state index in [2.05, 4.69) is 15.6 Å². The van der Waals surface area contributed by atoms with Crippen LogP contribution in [0.5, 0.6) is 11.5 Å². The average molecular weight is 285 g/mol. The number of benzene rings is 1. The molecule has 1 aromatic carbocycles. The molecule has 1 aromatic heterocycles. The molecule has 21 heavy (non-hydrogen) atoms. The second-order valence-electron chi connectivity index (χ2n) is 5.53. The summed E-state index contributed by atoms with van der Waals surface area (Å²) in [5, 5.41) is 9.09. The normalized spacial score (nSPS) is 17.0. The van der Waals surface area contributed by atoms with E-state index in [1.54, 1.807) is 0 Å². The molecule has 110 valence electrons. The van der Waals surface area contributed by atoms with Gasteiger partial charge < -0.3 is 20.1 Å². The van der Waals surface area contributed by atoms with Crippen LogP contribution in [0.4, 0.5) is 5.82 Å². The number of ether oxygens (including phenoxy) is 2. The van der Waals surface area contributed by atoms with Gasteiger partial charge in [-0.15, -0.1) is 0 Å². The maximum atomic E-state index is 5.66. The summed E-state index contributed by atoms with van der Waals surface area (Å²) in [6, 6.07) is 6.79. The summed E-state index contributed by atoms with van der Waals surface area (Å²) in [5.41, 5.74) is 0. The molecule has 1 fully saturated rings. The van der Waals surface area contributed by atoms with Gasteiger partial charge in [0, 0.05) is 30.7 Å². The number of hydrogen-bond donors (Lipinski definition) is 2. The average Bonchev–Trinajstić information content (AvgIpc) is 3.34. The fourth-order valence-electron chi connectivity index (χ4n) is 2.59. The summed E-state index contributed by atoms with van der Waals surface area (Å²) in [6.45, 7) is 3.05. The Morgan fingerprint density at radius 3 is 2.71 bits per heavy atom. The number of fused-ring (bicyclic) bond motifs is 2. The van der Waals surface area contributed by atoms with Gasteiger partial charge in [-0.3, -0.25) is 0 Å². The predicted octanol–water partition coefficient (Wildman–Crippen LogP) is 2.17. The second-order valence-corrected chi connectivity index (χ2v) is 5.53. The molecule has 1 aliphatic carbocycles. The molecule has 5 heteroatoms. The molecular formula is C16H19N3O2. The third-order valence-corrected chi connectivity index (χ3v) is 3.86. The number of nitrogens with one attached hydrogen (secondary N) is 2. The van der Waals surface area contributed by atoms with E-state index < -0.39 is 0 Å². The van der Waals surface area contributed by atoms with Gasteiger partial charge in [0.25, 0.3) is 0 Å². The minimum Gasteiger partial charge on any atom is -0.486 e. The molecule has 2 aliphatic rings. The molecule has 0 spiro atoms. The van der Waals surface area contributed by atoms with Crippen molar-refractivity contribution in [2.75, 3.05) is 31.6 Å². The molecule has 4 rings (SSSR count). The first-order valence-corrected chi connectivity index (χ1v) is 7.56. The molecular weight excluding hydrogens is 266 g/mol. The highest BCUT2D eigenvalue weighted by molar-refractivity contribution is 5.94. The van der Waals surface area contributed by atoms with Crippen LogP contribution in [0.3, 0.4) is 0 Å². The van der Waals surface area contributed by atoms with Gasteiger partial charge in [0.05, 0.1) is 0 Å². The lowest BCUT2D eigenvalue weighted by Gasteiger charge is -2.19. The third kappa shape index (κ3) is 2.74. The topological polar surface area (TPSA) is 55.4 Å². The summed E-state index contributed by atoms with van der Waals surface area (Å²) in [7, 11) is 0. The lowest BCUT2D eigenvalue weighted by atomic mass is 10.1. The van der Waals surface area contributed by atoms with E-state index in [0.717, 1.165) is 47.2 Å². The van der Waals surface area contributed by atoms with Crippen molar-refractivity contribution in [3.05, 3.63) is 24.4 Å². The minimum absolute atomic E-state index is 0.604. The summed E-state index contributed by atoms with van der Waals surface area (Å²) < 4.78 is 11.3. The van der Waals surface area contributed by atoms with E-state index >= 15 is 0 Å². The van der Waals surface area contributed by atoms with Crippen LogP contribution in [0, 0.1) is 0 Å². The molecule has 2 aromatic rings. The van der Waals surface area contributed by atoms with Crippen LogP contribution in [0.1, 0.15) is 12.8 Å². The van der Waals surface area contributed by atoms with Crippen molar-refractivity contribution in [3.63, 3.8) is 0 Å². The van der Waals surface area contributed by atoms with E-state index in [1.165, 1.54) is 12.8 Å². The molecule has 0 atom stereocenters. The van der Waals surface area contributed by atoms with Crippen LogP contribution in [0.2, 0.25) is 0 Å². The van der Waals surface area contributed by atoms with Gasteiger partial charge in [-0.2, -0.15) is 0 Å². The van der Waals surface area contributed by atoms with Crippen LogP contribution in [-0.2, 0) is 0 Å². The largest absolute Gasteiger partial charge is 0.486 e. The summed E-state index contributed by atoms with van der Waals surface area (Å²) >= 11 is 0. The van der Waals surface area contributed by atoms with Gasteiger partial charge in [-0.1, -0.05) is 0 Å². The molecule has 2 N–H and O–H groups in total. The highest BCUT2D eigenvalue weighted by atomic mass is 16.6. The van der Waals surface area contributed by atoms with Crippen molar-refractivity contribution in [3.8, 4) is 11.5 Å². The lowest BCUT2D eigenvalue weighted by molar-refractivity contribution is 0.172. The first kappa shape index (κ1) is 12.7.